The average molecular weight is 335 g/mol. The molecule has 1 aromatic carbocycles. The molecular weight excluding hydrogens is 310 g/mol. The number of carbonyl (C=O) groups is 1. The van der Waals surface area contributed by atoms with Gasteiger partial charge in [0.05, 0.1) is 20.3 Å². The fourth-order valence-electron chi connectivity index (χ4n) is 3.70. The molecule has 0 aromatic heterocycles. The number of piperidine rings is 1. The van der Waals surface area contributed by atoms with Crippen molar-refractivity contribution in [2.75, 3.05) is 27.3 Å². The lowest BCUT2D eigenvalue weighted by atomic mass is 9.86. The van der Waals surface area contributed by atoms with Crippen LogP contribution < -0.4 is 4.74 Å². The van der Waals surface area contributed by atoms with Gasteiger partial charge in [-0.1, -0.05) is 6.07 Å². The second-order valence-electron chi connectivity index (χ2n) is 6.49. The molecule has 6 heteroatoms. The molecule has 1 N–H and O–H groups in total. The van der Waals surface area contributed by atoms with Gasteiger partial charge in [0.1, 0.15) is 11.9 Å². The number of benzene rings is 1. The van der Waals surface area contributed by atoms with Gasteiger partial charge in [0, 0.05) is 19.1 Å². The number of aliphatic hydroxyl groups excluding tert-OH is 1. The number of fused-ring (bicyclic) bond motifs is 1. The maximum Gasteiger partial charge on any atom is 0.508 e. The summed E-state index contributed by atoms with van der Waals surface area (Å²) >= 11 is 0. The Morgan fingerprint density at radius 2 is 2.08 bits per heavy atom. The van der Waals surface area contributed by atoms with E-state index in [4.69, 9.17) is 9.47 Å². The Hall–Kier alpha value is -1.79. The van der Waals surface area contributed by atoms with E-state index in [0.717, 1.165) is 31.6 Å². The summed E-state index contributed by atoms with van der Waals surface area (Å²) in [6.45, 7) is 1.35. The minimum atomic E-state index is -0.736. The van der Waals surface area contributed by atoms with E-state index in [1.807, 2.05) is 6.07 Å². The van der Waals surface area contributed by atoms with Crippen molar-refractivity contribution in [3.05, 3.63) is 29.3 Å². The Labute approximate surface area is 142 Å². The highest BCUT2D eigenvalue weighted by Crippen LogP contribution is 2.29. The van der Waals surface area contributed by atoms with E-state index in [0.29, 0.717) is 19.0 Å². The molecule has 0 radical (unpaired) electrons. The van der Waals surface area contributed by atoms with E-state index in [9.17, 15) is 9.90 Å². The summed E-state index contributed by atoms with van der Waals surface area (Å²) in [5.41, 5.74) is 2.70. The standard InChI is InChI=1S/C18H25NO5/c1-22-15-6-4-12-3-5-14(9-13(12)10-15)19-8-7-16(20)17(11-19)24-18(21)23-2/h4,6,10,14,16-17,20H,3,5,7-9,11H2,1-2H3/t14?,16-,17+/m1/s1. The largest absolute Gasteiger partial charge is 0.508 e. The van der Waals surface area contributed by atoms with Crippen LogP contribution in [0, 0.1) is 0 Å². The number of ether oxygens (including phenoxy) is 3. The molecule has 1 unspecified atom stereocenters. The van der Waals surface area contributed by atoms with Crippen LogP contribution in [0.2, 0.25) is 0 Å². The Morgan fingerprint density at radius 3 is 2.83 bits per heavy atom. The number of aliphatic hydroxyl groups is 1. The van der Waals surface area contributed by atoms with Crippen LogP contribution in [0.4, 0.5) is 4.79 Å². The molecule has 1 heterocycles. The summed E-state index contributed by atoms with van der Waals surface area (Å²) in [6.07, 6.45) is 1.76. The molecule has 0 saturated carbocycles. The van der Waals surface area contributed by atoms with Gasteiger partial charge in [0.15, 0.2) is 0 Å². The van der Waals surface area contributed by atoms with Crippen LogP contribution >= 0.6 is 0 Å². The molecular formula is C18H25NO5. The first-order valence-electron chi connectivity index (χ1n) is 8.43. The topological polar surface area (TPSA) is 68.2 Å². The maximum atomic E-state index is 11.4. The Kier molecular flexibility index (Phi) is 5.26. The molecule has 1 aliphatic carbocycles. The van der Waals surface area contributed by atoms with E-state index in [-0.39, 0.29) is 0 Å². The van der Waals surface area contributed by atoms with Gasteiger partial charge < -0.3 is 19.3 Å². The Bertz CT molecular complexity index is 591. The van der Waals surface area contributed by atoms with Gasteiger partial charge >= 0.3 is 6.16 Å². The van der Waals surface area contributed by atoms with Gasteiger partial charge in [-0.3, -0.25) is 4.90 Å². The summed E-state index contributed by atoms with van der Waals surface area (Å²) in [5, 5.41) is 10.1. The average Bonchev–Trinajstić information content (AvgIpc) is 2.62. The van der Waals surface area contributed by atoms with Crippen molar-refractivity contribution in [1.82, 2.24) is 4.90 Å². The van der Waals surface area contributed by atoms with E-state index >= 15 is 0 Å². The van der Waals surface area contributed by atoms with Crippen molar-refractivity contribution < 1.29 is 24.1 Å². The van der Waals surface area contributed by atoms with Crippen molar-refractivity contribution in [2.24, 2.45) is 0 Å². The minimum Gasteiger partial charge on any atom is -0.497 e. The first kappa shape index (κ1) is 17.0. The number of aryl methyl sites for hydroxylation is 1. The zero-order chi connectivity index (χ0) is 17.1. The van der Waals surface area contributed by atoms with Crippen molar-refractivity contribution >= 4 is 6.16 Å². The molecule has 24 heavy (non-hydrogen) atoms. The third kappa shape index (κ3) is 3.65. The monoisotopic (exact) mass is 335 g/mol. The van der Waals surface area contributed by atoms with Crippen LogP contribution in [0.5, 0.6) is 5.75 Å². The molecule has 2 aliphatic rings. The highest BCUT2D eigenvalue weighted by molar-refractivity contribution is 5.59. The van der Waals surface area contributed by atoms with Gasteiger partial charge in [-0.05, 0) is 48.9 Å². The van der Waals surface area contributed by atoms with E-state index in [1.54, 1.807) is 7.11 Å². The number of nitrogens with zero attached hydrogens (tertiary/aromatic N) is 1. The van der Waals surface area contributed by atoms with Gasteiger partial charge in [-0.2, -0.15) is 0 Å². The SMILES string of the molecule is COC(=O)O[C@H]1CN(C2CCc3ccc(OC)cc3C2)CC[C@H]1O. The molecule has 132 valence electrons. The Balaban J connectivity index is 1.67. The number of methoxy groups -OCH3 is 2. The third-order valence-electron chi connectivity index (χ3n) is 5.10. The second-order valence-corrected chi connectivity index (χ2v) is 6.49. The van der Waals surface area contributed by atoms with Crippen LogP contribution in [0.15, 0.2) is 18.2 Å². The highest BCUT2D eigenvalue weighted by Gasteiger charge is 2.35. The van der Waals surface area contributed by atoms with Gasteiger partial charge in [0.25, 0.3) is 0 Å². The van der Waals surface area contributed by atoms with Crippen LogP contribution in [-0.2, 0) is 22.3 Å². The molecule has 3 rings (SSSR count). The normalized spacial score (nSPS) is 27.2. The van der Waals surface area contributed by atoms with E-state index in [1.165, 1.54) is 18.2 Å². The lowest BCUT2D eigenvalue weighted by Gasteiger charge is -2.41. The molecule has 0 bridgehead atoms. The fraction of sp³-hybridized carbons (Fsp3) is 0.611. The lowest BCUT2D eigenvalue weighted by molar-refractivity contribution is -0.0729. The van der Waals surface area contributed by atoms with Crippen LogP contribution in [0.1, 0.15) is 24.0 Å². The predicted molar refractivity (Wildman–Crippen MR) is 88.3 cm³/mol. The molecule has 3 atom stereocenters. The summed E-state index contributed by atoms with van der Waals surface area (Å²) in [6, 6.07) is 6.66. The fourth-order valence-corrected chi connectivity index (χ4v) is 3.70. The first-order chi connectivity index (χ1) is 11.6. The van der Waals surface area contributed by atoms with Gasteiger partial charge in [0.2, 0.25) is 0 Å². The molecule has 1 aromatic rings. The molecule has 1 fully saturated rings. The van der Waals surface area contributed by atoms with Crippen molar-refractivity contribution in [2.45, 2.75) is 43.9 Å². The third-order valence-corrected chi connectivity index (χ3v) is 5.10. The maximum absolute atomic E-state index is 11.4. The zero-order valence-corrected chi connectivity index (χ0v) is 14.2. The van der Waals surface area contributed by atoms with E-state index < -0.39 is 18.4 Å². The van der Waals surface area contributed by atoms with Gasteiger partial charge in [-0.25, -0.2) is 4.79 Å². The summed E-state index contributed by atoms with van der Waals surface area (Å²) in [4.78, 5) is 13.7. The quantitative estimate of drug-likeness (QED) is 0.849. The molecule has 1 aliphatic heterocycles. The second kappa shape index (κ2) is 7.40. The number of hydrogen-bond donors (Lipinski definition) is 1. The van der Waals surface area contributed by atoms with Gasteiger partial charge in [-0.15, -0.1) is 0 Å². The number of likely N-dealkylation sites (tertiary alicyclic amines) is 1. The van der Waals surface area contributed by atoms with Crippen molar-refractivity contribution in [1.29, 1.82) is 0 Å². The Morgan fingerprint density at radius 1 is 1.25 bits per heavy atom. The predicted octanol–water partition coefficient (Wildman–Crippen LogP) is 1.77. The highest BCUT2D eigenvalue weighted by atomic mass is 16.7. The summed E-state index contributed by atoms with van der Waals surface area (Å²) < 4.78 is 15.1. The zero-order valence-electron chi connectivity index (χ0n) is 14.2. The lowest BCUT2D eigenvalue weighted by Crippen LogP contribution is -2.53. The van der Waals surface area contributed by atoms with Crippen LogP contribution in [0.25, 0.3) is 0 Å². The van der Waals surface area contributed by atoms with Crippen LogP contribution in [0.3, 0.4) is 0 Å². The number of hydrogen-bond acceptors (Lipinski definition) is 6. The van der Waals surface area contributed by atoms with E-state index in [2.05, 4.69) is 21.8 Å². The smallest absolute Gasteiger partial charge is 0.497 e. The van der Waals surface area contributed by atoms with Crippen molar-refractivity contribution in [3.8, 4) is 5.75 Å². The number of rotatable bonds is 3. The molecule has 0 spiro atoms. The van der Waals surface area contributed by atoms with Crippen LogP contribution in [-0.4, -0.2) is 61.7 Å². The molecule has 1 saturated heterocycles. The summed E-state index contributed by atoms with van der Waals surface area (Å²) in [7, 11) is 2.96. The minimum absolute atomic E-state index is 0.390. The molecule has 6 nitrogen and oxygen atoms in total. The first-order valence-corrected chi connectivity index (χ1v) is 8.43. The molecule has 0 amide bonds. The summed E-state index contributed by atoms with van der Waals surface area (Å²) in [5.74, 6) is 0.885. The number of carbonyl (C=O) groups excluding carboxylic acids is 1. The van der Waals surface area contributed by atoms with Crippen molar-refractivity contribution in [3.63, 3.8) is 0 Å².